The van der Waals surface area contributed by atoms with Crippen LogP contribution in [0.4, 0.5) is 0 Å². The molecule has 2 rings (SSSR count). The van der Waals surface area contributed by atoms with Gasteiger partial charge in [0, 0.05) is 0 Å². The van der Waals surface area contributed by atoms with Gasteiger partial charge in [0.15, 0.2) is 11.5 Å². The van der Waals surface area contributed by atoms with Gasteiger partial charge in [0.25, 0.3) is 0 Å². The lowest BCUT2D eigenvalue weighted by atomic mass is 10.1. The first-order valence-corrected chi connectivity index (χ1v) is 6.82. The minimum absolute atomic E-state index is 0.0562. The molecular weight excluding hydrogens is 286 g/mol. The third kappa shape index (κ3) is 3.51. The first-order chi connectivity index (χ1) is 10.0. The van der Waals surface area contributed by atoms with Gasteiger partial charge < -0.3 is 20.3 Å². The van der Waals surface area contributed by atoms with Crippen LogP contribution >= 0.6 is 12.2 Å². The fraction of sp³-hybridized carbons (Fsp3) is 0.188. The summed E-state index contributed by atoms with van der Waals surface area (Å²) in [5, 5.41) is 9.16. The van der Waals surface area contributed by atoms with E-state index in [1.54, 1.807) is 25.3 Å². The highest BCUT2D eigenvalue weighted by Crippen LogP contribution is 2.34. The van der Waals surface area contributed by atoms with E-state index in [-0.39, 0.29) is 11.6 Å². The maximum atomic E-state index is 9.16. The summed E-state index contributed by atoms with van der Waals surface area (Å²) >= 11 is 5.06. The van der Waals surface area contributed by atoms with Gasteiger partial charge in [-0.2, -0.15) is 0 Å². The molecule has 0 unspecified atom stereocenters. The van der Waals surface area contributed by atoms with Crippen molar-refractivity contribution >= 4 is 17.2 Å². The Kier molecular flexibility index (Phi) is 4.77. The Balaban J connectivity index is 2.40. The molecule has 5 heteroatoms. The zero-order chi connectivity index (χ0) is 15.4. The van der Waals surface area contributed by atoms with Crippen LogP contribution in [0.25, 0.3) is 0 Å². The normalized spacial score (nSPS) is 10.2. The van der Waals surface area contributed by atoms with Crippen LogP contribution < -0.4 is 15.2 Å². The van der Waals surface area contributed by atoms with Crippen molar-refractivity contribution in [2.75, 3.05) is 7.11 Å². The molecule has 110 valence electrons. The summed E-state index contributed by atoms with van der Waals surface area (Å²) in [6.45, 7) is 1.90. The molecule has 0 heterocycles. The zero-order valence-corrected chi connectivity index (χ0v) is 12.7. The number of aliphatic hydroxyl groups excluding tert-OH is 1. The van der Waals surface area contributed by atoms with Crippen LogP contribution in [0.15, 0.2) is 36.4 Å². The van der Waals surface area contributed by atoms with E-state index in [4.69, 9.17) is 32.5 Å². The van der Waals surface area contributed by atoms with E-state index in [1.807, 2.05) is 25.1 Å². The van der Waals surface area contributed by atoms with Gasteiger partial charge in [-0.3, -0.25) is 0 Å². The van der Waals surface area contributed by atoms with Gasteiger partial charge in [0.2, 0.25) is 0 Å². The molecule has 0 aliphatic rings. The smallest absolute Gasteiger partial charge is 0.169 e. The Hall–Kier alpha value is -2.11. The summed E-state index contributed by atoms with van der Waals surface area (Å²) in [5.74, 6) is 1.65. The topological polar surface area (TPSA) is 64.7 Å². The van der Waals surface area contributed by atoms with Crippen molar-refractivity contribution in [2.45, 2.75) is 13.5 Å². The number of hydrogen-bond acceptors (Lipinski definition) is 4. The number of aryl methyl sites for hydroxylation is 1. The second-order valence-electron chi connectivity index (χ2n) is 4.61. The average molecular weight is 303 g/mol. The van der Waals surface area contributed by atoms with Crippen LogP contribution in [0, 0.1) is 6.92 Å². The predicted molar refractivity (Wildman–Crippen MR) is 86.1 cm³/mol. The van der Waals surface area contributed by atoms with Gasteiger partial charge in [-0.1, -0.05) is 29.9 Å². The van der Waals surface area contributed by atoms with Crippen molar-refractivity contribution in [3.05, 3.63) is 53.1 Å². The van der Waals surface area contributed by atoms with Crippen LogP contribution in [0.5, 0.6) is 17.2 Å². The van der Waals surface area contributed by atoms with Crippen LogP contribution in [0.3, 0.4) is 0 Å². The summed E-state index contributed by atoms with van der Waals surface area (Å²) in [6.07, 6.45) is 0. The molecule has 2 aromatic carbocycles. The Morgan fingerprint density at radius 3 is 2.48 bits per heavy atom. The molecule has 0 amide bonds. The molecule has 2 aromatic rings. The maximum absolute atomic E-state index is 9.16. The molecule has 21 heavy (non-hydrogen) atoms. The zero-order valence-electron chi connectivity index (χ0n) is 11.9. The number of benzene rings is 2. The molecule has 0 aliphatic heterocycles. The predicted octanol–water partition coefficient (Wildman–Crippen LogP) is 2.92. The molecule has 0 aromatic heterocycles. The van der Waals surface area contributed by atoms with E-state index in [0.717, 1.165) is 11.1 Å². The second-order valence-corrected chi connectivity index (χ2v) is 5.05. The average Bonchev–Trinajstić information content (AvgIpc) is 2.49. The highest BCUT2D eigenvalue weighted by Gasteiger charge is 2.11. The summed E-state index contributed by atoms with van der Waals surface area (Å²) < 4.78 is 11.2. The molecule has 0 spiro atoms. The van der Waals surface area contributed by atoms with E-state index in [2.05, 4.69) is 0 Å². The molecule has 3 N–H and O–H groups in total. The number of rotatable bonds is 5. The Labute approximate surface area is 129 Å². The molecule has 0 saturated heterocycles. The third-order valence-electron chi connectivity index (χ3n) is 3.03. The summed E-state index contributed by atoms with van der Waals surface area (Å²) in [4.78, 5) is 0.277. The van der Waals surface area contributed by atoms with E-state index < -0.39 is 0 Å². The number of thiocarbonyl (C=S) groups is 1. The van der Waals surface area contributed by atoms with E-state index in [1.165, 1.54) is 0 Å². The molecule has 0 aliphatic carbocycles. The lowest BCUT2D eigenvalue weighted by Crippen LogP contribution is -2.11. The first-order valence-electron chi connectivity index (χ1n) is 6.41. The Morgan fingerprint density at radius 1 is 1.14 bits per heavy atom. The number of methoxy groups -OCH3 is 1. The van der Waals surface area contributed by atoms with Crippen molar-refractivity contribution in [3.8, 4) is 17.2 Å². The fourth-order valence-corrected chi connectivity index (χ4v) is 2.10. The van der Waals surface area contributed by atoms with E-state index in [0.29, 0.717) is 22.8 Å². The summed E-state index contributed by atoms with van der Waals surface area (Å²) in [7, 11) is 1.55. The highest BCUT2D eigenvalue weighted by molar-refractivity contribution is 7.80. The quantitative estimate of drug-likeness (QED) is 0.832. The summed E-state index contributed by atoms with van der Waals surface area (Å²) in [6, 6.07) is 10.9. The van der Waals surface area contributed by atoms with E-state index >= 15 is 0 Å². The number of aliphatic hydroxyl groups is 1. The molecule has 0 bridgehead atoms. The minimum atomic E-state index is -0.0562. The summed E-state index contributed by atoms with van der Waals surface area (Å²) in [5.41, 5.74) is 8.22. The molecule has 0 saturated carbocycles. The highest BCUT2D eigenvalue weighted by atomic mass is 32.1. The van der Waals surface area contributed by atoms with Crippen molar-refractivity contribution in [3.63, 3.8) is 0 Å². The van der Waals surface area contributed by atoms with Gasteiger partial charge in [-0.05, 0) is 36.8 Å². The van der Waals surface area contributed by atoms with Gasteiger partial charge in [0.05, 0.1) is 19.3 Å². The van der Waals surface area contributed by atoms with Crippen LogP contribution in [-0.4, -0.2) is 17.2 Å². The number of hydrogen-bond donors (Lipinski definition) is 2. The van der Waals surface area contributed by atoms with Crippen molar-refractivity contribution in [2.24, 2.45) is 5.73 Å². The van der Waals surface area contributed by atoms with Gasteiger partial charge in [-0.15, -0.1) is 0 Å². The van der Waals surface area contributed by atoms with Crippen LogP contribution in [0.2, 0.25) is 0 Å². The first kappa shape index (κ1) is 15.3. The molecule has 0 atom stereocenters. The Bertz CT molecular complexity index is 671. The fourth-order valence-electron chi connectivity index (χ4n) is 1.94. The third-order valence-corrected chi connectivity index (χ3v) is 3.25. The van der Waals surface area contributed by atoms with Crippen molar-refractivity contribution in [1.82, 2.24) is 0 Å². The maximum Gasteiger partial charge on any atom is 0.169 e. The monoisotopic (exact) mass is 303 g/mol. The largest absolute Gasteiger partial charge is 0.493 e. The SMILES string of the molecule is COc1cc(CO)ccc1Oc1ccc(C)cc1C(N)=S. The minimum Gasteiger partial charge on any atom is -0.493 e. The standard InChI is InChI=1S/C16H17NO3S/c1-10-3-5-13(12(7-10)16(17)21)20-14-6-4-11(9-18)8-15(14)19-2/h3-8,18H,9H2,1-2H3,(H2,17,21). The van der Waals surface area contributed by atoms with Gasteiger partial charge >= 0.3 is 0 Å². The molecule has 0 radical (unpaired) electrons. The van der Waals surface area contributed by atoms with Gasteiger partial charge in [-0.25, -0.2) is 0 Å². The van der Waals surface area contributed by atoms with Crippen molar-refractivity contribution in [1.29, 1.82) is 0 Å². The van der Waals surface area contributed by atoms with Gasteiger partial charge in [0.1, 0.15) is 10.7 Å². The van der Waals surface area contributed by atoms with E-state index in [9.17, 15) is 0 Å². The van der Waals surface area contributed by atoms with Crippen LogP contribution in [0.1, 0.15) is 16.7 Å². The lowest BCUT2D eigenvalue weighted by molar-refractivity contribution is 0.280. The second kappa shape index (κ2) is 6.56. The number of nitrogens with two attached hydrogens (primary N) is 1. The molecular formula is C16H17NO3S. The van der Waals surface area contributed by atoms with Crippen molar-refractivity contribution < 1.29 is 14.6 Å². The Morgan fingerprint density at radius 2 is 1.86 bits per heavy atom. The number of ether oxygens (including phenoxy) is 2. The van der Waals surface area contributed by atoms with Crippen LogP contribution in [-0.2, 0) is 6.61 Å². The lowest BCUT2D eigenvalue weighted by Gasteiger charge is -2.14. The molecule has 4 nitrogen and oxygen atoms in total. The molecule has 0 fully saturated rings.